The summed E-state index contributed by atoms with van der Waals surface area (Å²) >= 11 is -2.64. The minimum Gasteiger partial charge on any atom is -0.755 e. The Kier molecular flexibility index (Phi) is 3.97. The van der Waals surface area contributed by atoms with Crippen LogP contribution in [0.15, 0.2) is 29.3 Å². The molecule has 0 aliphatic carbocycles. The van der Waals surface area contributed by atoms with Crippen LogP contribution in [0.5, 0.6) is 0 Å². The van der Waals surface area contributed by atoms with Crippen molar-refractivity contribution in [3.05, 3.63) is 24.3 Å². The van der Waals surface area contributed by atoms with Crippen molar-refractivity contribution in [2.24, 2.45) is 16.5 Å². The van der Waals surface area contributed by atoms with Gasteiger partial charge in [-0.1, -0.05) is 0 Å². The third-order valence-electron chi connectivity index (χ3n) is 1.62. The number of nitrogens with two attached hydrogens (primary N) is 2. The van der Waals surface area contributed by atoms with Gasteiger partial charge in [0.1, 0.15) is 0 Å². The molecule has 0 saturated carbocycles. The molecule has 0 aromatic heterocycles. The summed E-state index contributed by atoms with van der Waals surface area (Å²) in [7, 11) is 0. The van der Waals surface area contributed by atoms with Crippen molar-refractivity contribution in [3.8, 4) is 0 Å². The second-order valence-corrected chi connectivity index (χ2v) is 3.53. The Morgan fingerprint density at radius 1 is 1.38 bits per heavy atom. The molecule has 0 spiro atoms. The quantitative estimate of drug-likeness (QED) is 0.313. The molecule has 1 atom stereocenters. The number of aliphatic imine (C=N–C) groups is 1. The Morgan fingerprint density at radius 3 is 2.31 bits per heavy atom. The second kappa shape index (κ2) is 5.24. The molecule has 16 heavy (non-hydrogen) atoms. The van der Waals surface area contributed by atoms with Crippen molar-refractivity contribution in [3.63, 3.8) is 0 Å². The van der Waals surface area contributed by atoms with Crippen LogP contribution in [0, 0.1) is 0 Å². The van der Waals surface area contributed by atoms with Gasteiger partial charge in [0.25, 0.3) is 0 Å². The number of anilines is 1. The van der Waals surface area contributed by atoms with E-state index in [0.717, 1.165) is 0 Å². The number of carbonyl (C=O) groups is 1. The van der Waals surface area contributed by atoms with Crippen LogP contribution in [0.4, 0.5) is 11.4 Å². The second-order valence-electron chi connectivity index (χ2n) is 2.70. The van der Waals surface area contributed by atoms with Crippen molar-refractivity contribution in [1.82, 2.24) is 0 Å². The molecule has 1 aromatic carbocycles. The zero-order valence-corrected chi connectivity index (χ0v) is 8.89. The SMILES string of the molecule is NC(N)=Nc1ccc(N(C=O)S(=O)[O-])cc1. The van der Waals surface area contributed by atoms with Crippen LogP contribution < -0.4 is 15.8 Å². The number of guanidine groups is 1. The maximum absolute atomic E-state index is 10.6. The normalized spacial score (nSPS) is 11.6. The van der Waals surface area contributed by atoms with Crippen LogP contribution in [-0.2, 0) is 16.1 Å². The molecule has 1 amide bonds. The van der Waals surface area contributed by atoms with Crippen LogP contribution in [0.25, 0.3) is 0 Å². The van der Waals surface area contributed by atoms with E-state index in [1.165, 1.54) is 24.3 Å². The lowest BCUT2D eigenvalue weighted by molar-refractivity contribution is -0.106. The highest BCUT2D eigenvalue weighted by atomic mass is 32.2. The number of benzene rings is 1. The van der Waals surface area contributed by atoms with E-state index in [0.29, 0.717) is 9.99 Å². The fraction of sp³-hybridized carbons (Fsp3) is 0. The molecule has 1 unspecified atom stereocenters. The Hall–Kier alpha value is -1.93. The summed E-state index contributed by atoms with van der Waals surface area (Å²) in [6, 6.07) is 5.79. The predicted molar refractivity (Wildman–Crippen MR) is 59.4 cm³/mol. The van der Waals surface area contributed by atoms with E-state index >= 15 is 0 Å². The van der Waals surface area contributed by atoms with E-state index in [1.54, 1.807) is 0 Å². The first-order valence-electron chi connectivity index (χ1n) is 4.08. The largest absolute Gasteiger partial charge is 0.755 e. The van der Waals surface area contributed by atoms with Crippen molar-refractivity contribution < 1.29 is 13.6 Å². The van der Waals surface area contributed by atoms with Gasteiger partial charge in [-0.25, -0.2) is 9.30 Å². The van der Waals surface area contributed by atoms with Crippen molar-refractivity contribution in [1.29, 1.82) is 0 Å². The van der Waals surface area contributed by atoms with E-state index in [9.17, 15) is 13.6 Å². The monoisotopic (exact) mass is 241 g/mol. The van der Waals surface area contributed by atoms with Crippen molar-refractivity contribution in [2.45, 2.75) is 0 Å². The van der Waals surface area contributed by atoms with Gasteiger partial charge in [-0.2, -0.15) is 0 Å². The highest BCUT2D eigenvalue weighted by Gasteiger charge is 2.04. The van der Waals surface area contributed by atoms with E-state index in [4.69, 9.17) is 11.5 Å². The molecule has 0 aliphatic rings. The van der Waals surface area contributed by atoms with Gasteiger partial charge in [0.2, 0.25) is 6.41 Å². The highest BCUT2D eigenvalue weighted by molar-refractivity contribution is 7.81. The molecule has 1 rings (SSSR count). The number of carbonyl (C=O) groups excluding carboxylic acids is 1. The van der Waals surface area contributed by atoms with Crippen LogP contribution in [0.3, 0.4) is 0 Å². The third-order valence-corrected chi connectivity index (χ3v) is 2.24. The van der Waals surface area contributed by atoms with Gasteiger partial charge >= 0.3 is 0 Å². The van der Waals surface area contributed by atoms with Crippen molar-refractivity contribution in [2.75, 3.05) is 4.31 Å². The number of hydrogen-bond acceptors (Lipinski definition) is 4. The lowest BCUT2D eigenvalue weighted by Gasteiger charge is -2.18. The molecule has 7 nitrogen and oxygen atoms in total. The molecule has 1 aromatic rings. The van der Waals surface area contributed by atoms with Gasteiger partial charge in [-0.15, -0.1) is 0 Å². The molecule has 0 radical (unpaired) electrons. The molecule has 8 heteroatoms. The van der Waals surface area contributed by atoms with E-state index in [-0.39, 0.29) is 18.1 Å². The topological polar surface area (TPSA) is 125 Å². The van der Waals surface area contributed by atoms with Gasteiger partial charge in [-0.3, -0.25) is 9.00 Å². The minimum absolute atomic E-state index is 0.104. The number of rotatable bonds is 4. The molecule has 0 aliphatic heterocycles. The summed E-state index contributed by atoms with van der Waals surface area (Å²) in [6.45, 7) is 0. The molecule has 0 heterocycles. The average Bonchev–Trinajstić information content (AvgIpc) is 2.20. The summed E-state index contributed by atoms with van der Waals surface area (Å²) < 4.78 is 21.8. The Labute approximate surface area is 94.2 Å². The van der Waals surface area contributed by atoms with Crippen molar-refractivity contribution >= 4 is 35.0 Å². The minimum atomic E-state index is -2.64. The lowest BCUT2D eigenvalue weighted by atomic mass is 10.3. The summed E-state index contributed by atoms with van der Waals surface area (Å²) in [4.78, 5) is 14.2. The Balaban J connectivity index is 2.98. The summed E-state index contributed by atoms with van der Waals surface area (Å²) in [5.74, 6) is -0.104. The van der Waals surface area contributed by atoms with Gasteiger partial charge in [0, 0.05) is 0 Å². The average molecular weight is 241 g/mol. The standard InChI is InChI=1S/C8H10N4O3S/c9-8(10)11-6-1-3-7(4-2-6)12(5-13)16(14)15/h1-5H,(H,14,15)(H4,9,10,11)/p-1. The number of amides is 1. The van der Waals surface area contributed by atoms with E-state index < -0.39 is 11.3 Å². The summed E-state index contributed by atoms with van der Waals surface area (Å²) in [5, 5.41) is 0. The highest BCUT2D eigenvalue weighted by Crippen LogP contribution is 2.19. The van der Waals surface area contributed by atoms with Crippen LogP contribution >= 0.6 is 0 Å². The number of nitrogens with zero attached hydrogens (tertiary/aromatic N) is 2. The van der Waals surface area contributed by atoms with Gasteiger partial charge < -0.3 is 16.0 Å². The molecule has 0 bridgehead atoms. The molecule has 0 saturated heterocycles. The zero-order valence-electron chi connectivity index (χ0n) is 8.07. The van der Waals surface area contributed by atoms with Gasteiger partial charge in [0.15, 0.2) is 5.96 Å². The Morgan fingerprint density at radius 2 is 1.94 bits per heavy atom. The fourth-order valence-electron chi connectivity index (χ4n) is 1.01. The smallest absolute Gasteiger partial charge is 0.225 e. The molecule has 0 fully saturated rings. The first-order valence-corrected chi connectivity index (χ1v) is 5.11. The molecule has 4 N–H and O–H groups in total. The number of hydrogen-bond donors (Lipinski definition) is 2. The molecular formula is C8H9N4O3S-. The summed E-state index contributed by atoms with van der Waals surface area (Å²) in [6.07, 6.45) is 0.193. The first-order chi connectivity index (χ1) is 7.54. The lowest BCUT2D eigenvalue weighted by Crippen LogP contribution is -2.23. The van der Waals surface area contributed by atoms with Gasteiger partial charge in [0.05, 0.1) is 22.6 Å². The van der Waals surface area contributed by atoms with Crippen LogP contribution in [0.1, 0.15) is 0 Å². The zero-order chi connectivity index (χ0) is 12.1. The van der Waals surface area contributed by atoms with Crippen LogP contribution in [0.2, 0.25) is 0 Å². The maximum atomic E-state index is 10.6. The first kappa shape index (κ1) is 12.1. The van der Waals surface area contributed by atoms with Crippen LogP contribution in [-0.4, -0.2) is 21.1 Å². The van der Waals surface area contributed by atoms with Gasteiger partial charge in [-0.05, 0) is 24.3 Å². The fourth-order valence-corrected chi connectivity index (χ4v) is 1.37. The maximum Gasteiger partial charge on any atom is 0.225 e. The molecular weight excluding hydrogens is 232 g/mol. The van der Waals surface area contributed by atoms with E-state index in [2.05, 4.69) is 4.99 Å². The third kappa shape index (κ3) is 3.04. The molecule has 86 valence electrons. The Bertz CT molecular complexity index is 427. The van der Waals surface area contributed by atoms with E-state index in [1.807, 2.05) is 0 Å². The predicted octanol–water partition coefficient (Wildman–Crippen LogP) is -0.652. The summed E-state index contributed by atoms with van der Waals surface area (Å²) in [5.41, 5.74) is 11.0.